The second-order valence-corrected chi connectivity index (χ2v) is 4.62. The molecule has 0 bridgehead atoms. The van der Waals surface area contributed by atoms with E-state index in [1.165, 1.54) is 0 Å². The molecule has 1 aromatic rings. The predicted molar refractivity (Wildman–Crippen MR) is 67.4 cm³/mol. The van der Waals surface area contributed by atoms with Gasteiger partial charge in [0.2, 0.25) is 5.91 Å². The number of aryl methyl sites for hydroxylation is 1. The summed E-state index contributed by atoms with van der Waals surface area (Å²) in [5, 5.41) is 6.12. The molecule has 0 radical (unpaired) electrons. The normalized spacial score (nSPS) is 10.8. The Balaban J connectivity index is 2.08. The second kappa shape index (κ2) is 7.06. The molecule has 1 amide bonds. The van der Waals surface area contributed by atoms with E-state index in [1.807, 2.05) is 17.8 Å². The van der Waals surface area contributed by atoms with Gasteiger partial charge in [-0.05, 0) is 5.92 Å². The number of rotatable bonds is 7. The Labute approximate surface area is 103 Å². The minimum Gasteiger partial charge on any atom is -0.356 e. The monoisotopic (exact) mass is 238 g/mol. The molecular formula is C12H22N4O. The fraction of sp³-hybridized carbons (Fsp3) is 0.667. The molecule has 1 aromatic heterocycles. The molecule has 0 unspecified atom stereocenters. The van der Waals surface area contributed by atoms with E-state index in [0.29, 0.717) is 18.9 Å². The van der Waals surface area contributed by atoms with Gasteiger partial charge in [-0.25, -0.2) is 4.98 Å². The van der Waals surface area contributed by atoms with Crippen LogP contribution in [0, 0.1) is 5.92 Å². The minimum atomic E-state index is 0.108. The van der Waals surface area contributed by atoms with Crippen molar-refractivity contribution in [1.82, 2.24) is 20.2 Å². The summed E-state index contributed by atoms with van der Waals surface area (Å²) in [5.41, 5.74) is 1.12. The van der Waals surface area contributed by atoms with Crippen LogP contribution in [0.1, 0.15) is 26.0 Å². The molecule has 1 rings (SSSR count). The summed E-state index contributed by atoms with van der Waals surface area (Å²) in [6.45, 7) is 6.35. The Morgan fingerprint density at radius 3 is 2.88 bits per heavy atom. The molecular weight excluding hydrogens is 216 g/mol. The third-order valence-corrected chi connectivity index (χ3v) is 2.46. The van der Waals surface area contributed by atoms with Gasteiger partial charge in [0.25, 0.3) is 0 Å². The van der Waals surface area contributed by atoms with Gasteiger partial charge in [-0.3, -0.25) is 4.79 Å². The Morgan fingerprint density at radius 2 is 2.29 bits per heavy atom. The van der Waals surface area contributed by atoms with Gasteiger partial charge in [0.1, 0.15) is 0 Å². The summed E-state index contributed by atoms with van der Waals surface area (Å²) in [6, 6.07) is 0. The number of imidazole rings is 1. The first-order chi connectivity index (χ1) is 8.09. The van der Waals surface area contributed by atoms with Gasteiger partial charge >= 0.3 is 0 Å². The van der Waals surface area contributed by atoms with Crippen molar-refractivity contribution in [1.29, 1.82) is 0 Å². The number of aromatic nitrogens is 2. The van der Waals surface area contributed by atoms with Gasteiger partial charge < -0.3 is 15.2 Å². The van der Waals surface area contributed by atoms with Gasteiger partial charge in [0, 0.05) is 39.3 Å². The molecule has 0 saturated heterocycles. The summed E-state index contributed by atoms with van der Waals surface area (Å²) in [7, 11) is 1.96. The molecule has 96 valence electrons. The molecule has 0 aromatic carbocycles. The molecule has 0 spiro atoms. The molecule has 0 atom stereocenters. The van der Waals surface area contributed by atoms with Crippen molar-refractivity contribution in [2.24, 2.45) is 13.0 Å². The van der Waals surface area contributed by atoms with E-state index >= 15 is 0 Å². The number of nitrogens with one attached hydrogen (secondary N) is 2. The summed E-state index contributed by atoms with van der Waals surface area (Å²) in [6.07, 6.45) is 4.11. The van der Waals surface area contributed by atoms with E-state index in [4.69, 9.17) is 0 Å². The highest BCUT2D eigenvalue weighted by molar-refractivity contribution is 5.76. The first-order valence-electron chi connectivity index (χ1n) is 6.02. The molecule has 5 heteroatoms. The highest BCUT2D eigenvalue weighted by atomic mass is 16.1. The van der Waals surface area contributed by atoms with Gasteiger partial charge in [0.15, 0.2) is 0 Å². The van der Waals surface area contributed by atoms with E-state index < -0.39 is 0 Å². The molecule has 5 nitrogen and oxygen atoms in total. The van der Waals surface area contributed by atoms with E-state index in [9.17, 15) is 4.79 Å². The first kappa shape index (κ1) is 13.7. The predicted octanol–water partition coefficient (Wildman–Crippen LogP) is 0.672. The smallest absolute Gasteiger partial charge is 0.221 e. The van der Waals surface area contributed by atoms with Crippen LogP contribution in [0.5, 0.6) is 0 Å². The zero-order valence-corrected chi connectivity index (χ0v) is 10.9. The van der Waals surface area contributed by atoms with Crippen LogP contribution in [0.3, 0.4) is 0 Å². The van der Waals surface area contributed by atoms with Crippen molar-refractivity contribution in [2.75, 3.05) is 13.1 Å². The van der Waals surface area contributed by atoms with Crippen LogP contribution in [0.15, 0.2) is 12.5 Å². The third-order valence-electron chi connectivity index (χ3n) is 2.46. The average molecular weight is 238 g/mol. The third kappa shape index (κ3) is 5.49. The number of hydrogen-bond acceptors (Lipinski definition) is 3. The Hall–Kier alpha value is -1.36. The molecule has 17 heavy (non-hydrogen) atoms. The van der Waals surface area contributed by atoms with Crippen LogP contribution in [-0.2, 0) is 18.4 Å². The highest BCUT2D eigenvalue weighted by Gasteiger charge is 2.02. The average Bonchev–Trinajstić information content (AvgIpc) is 2.68. The van der Waals surface area contributed by atoms with E-state index in [-0.39, 0.29) is 5.91 Å². The topological polar surface area (TPSA) is 59.0 Å². The van der Waals surface area contributed by atoms with Gasteiger partial charge in [-0.2, -0.15) is 0 Å². The molecule has 0 fully saturated rings. The lowest BCUT2D eigenvalue weighted by Crippen LogP contribution is -2.30. The van der Waals surface area contributed by atoms with Crippen molar-refractivity contribution in [3.63, 3.8) is 0 Å². The van der Waals surface area contributed by atoms with Crippen LogP contribution in [-0.4, -0.2) is 28.5 Å². The number of hydrogen-bond donors (Lipinski definition) is 2. The summed E-state index contributed by atoms with van der Waals surface area (Å²) in [5.74, 6) is 0.609. The number of carbonyl (C=O) groups is 1. The van der Waals surface area contributed by atoms with Gasteiger partial charge in [-0.1, -0.05) is 13.8 Å². The van der Waals surface area contributed by atoms with Crippen LogP contribution in [0.4, 0.5) is 0 Å². The molecule has 0 aliphatic carbocycles. The Bertz CT molecular complexity index is 346. The maximum Gasteiger partial charge on any atom is 0.221 e. The maximum absolute atomic E-state index is 11.4. The van der Waals surface area contributed by atoms with Crippen LogP contribution >= 0.6 is 0 Å². The van der Waals surface area contributed by atoms with Crippen molar-refractivity contribution in [3.8, 4) is 0 Å². The SMILES string of the molecule is CC(C)CNC(=O)CCNCc1cncn1C. The maximum atomic E-state index is 11.4. The standard InChI is InChI=1S/C12H22N4O/c1-10(2)6-15-12(17)4-5-13-7-11-8-14-9-16(11)3/h8-10,13H,4-7H2,1-3H3,(H,15,17). The summed E-state index contributed by atoms with van der Waals surface area (Å²) >= 11 is 0. The van der Waals surface area contributed by atoms with Crippen LogP contribution in [0.25, 0.3) is 0 Å². The molecule has 0 aliphatic heterocycles. The summed E-state index contributed by atoms with van der Waals surface area (Å²) in [4.78, 5) is 15.4. The number of carbonyl (C=O) groups excluding carboxylic acids is 1. The fourth-order valence-corrected chi connectivity index (χ4v) is 1.38. The zero-order valence-electron chi connectivity index (χ0n) is 10.9. The fourth-order valence-electron chi connectivity index (χ4n) is 1.38. The highest BCUT2D eigenvalue weighted by Crippen LogP contribution is 1.94. The van der Waals surface area contributed by atoms with Crippen molar-refractivity contribution >= 4 is 5.91 Å². The molecule has 1 heterocycles. The van der Waals surface area contributed by atoms with Gasteiger partial charge in [0.05, 0.1) is 12.0 Å². The second-order valence-electron chi connectivity index (χ2n) is 4.62. The Kier molecular flexibility index (Phi) is 5.69. The van der Waals surface area contributed by atoms with E-state index in [0.717, 1.165) is 18.8 Å². The van der Waals surface area contributed by atoms with Crippen molar-refractivity contribution in [2.45, 2.75) is 26.8 Å². The van der Waals surface area contributed by atoms with Crippen LogP contribution < -0.4 is 10.6 Å². The number of amides is 1. The number of nitrogens with zero attached hydrogens (tertiary/aromatic N) is 2. The molecule has 0 aliphatic rings. The van der Waals surface area contributed by atoms with E-state index in [1.54, 1.807) is 6.33 Å². The van der Waals surface area contributed by atoms with Crippen molar-refractivity contribution in [3.05, 3.63) is 18.2 Å². The minimum absolute atomic E-state index is 0.108. The lowest BCUT2D eigenvalue weighted by molar-refractivity contribution is -0.121. The zero-order chi connectivity index (χ0) is 12.7. The molecule has 0 saturated carbocycles. The lowest BCUT2D eigenvalue weighted by Gasteiger charge is -2.08. The van der Waals surface area contributed by atoms with Gasteiger partial charge in [-0.15, -0.1) is 0 Å². The lowest BCUT2D eigenvalue weighted by atomic mass is 10.2. The van der Waals surface area contributed by atoms with E-state index in [2.05, 4.69) is 29.5 Å². The molecule has 2 N–H and O–H groups in total. The quantitative estimate of drug-likeness (QED) is 0.687. The largest absolute Gasteiger partial charge is 0.356 e. The van der Waals surface area contributed by atoms with Crippen molar-refractivity contribution < 1.29 is 4.79 Å². The Morgan fingerprint density at radius 1 is 1.53 bits per heavy atom. The van der Waals surface area contributed by atoms with Crippen LogP contribution in [0.2, 0.25) is 0 Å². The summed E-state index contributed by atoms with van der Waals surface area (Å²) < 4.78 is 1.96. The first-order valence-corrected chi connectivity index (χ1v) is 6.02.